The van der Waals surface area contributed by atoms with Crippen molar-refractivity contribution in [3.8, 4) is 0 Å². The van der Waals surface area contributed by atoms with Crippen LogP contribution < -0.4 is 0 Å². The third-order valence-electron chi connectivity index (χ3n) is 3.06. The minimum Gasteiger partial charge on any atom is -0.477 e. The van der Waals surface area contributed by atoms with E-state index in [1.165, 1.54) is 29.4 Å². The van der Waals surface area contributed by atoms with Gasteiger partial charge in [-0.25, -0.2) is 14.8 Å². The molecule has 0 aliphatic carbocycles. The van der Waals surface area contributed by atoms with Crippen molar-refractivity contribution in [3.63, 3.8) is 0 Å². The summed E-state index contributed by atoms with van der Waals surface area (Å²) in [4.78, 5) is 25.9. The lowest BCUT2D eigenvalue weighted by Crippen LogP contribution is -1.94. The summed E-state index contributed by atoms with van der Waals surface area (Å²) in [5.74, 6) is -0.924. The molecule has 0 saturated heterocycles. The van der Waals surface area contributed by atoms with Gasteiger partial charge in [0.1, 0.15) is 21.1 Å². The lowest BCUT2D eigenvalue weighted by molar-refractivity contribution is 0.0701. The largest absolute Gasteiger partial charge is 0.477 e. The smallest absolute Gasteiger partial charge is 0.346 e. The number of hydrogen-bond acceptors (Lipinski definition) is 6. The van der Waals surface area contributed by atoms with Crippen molar-refractivity contribution in [3.05, 3.63) is 40.8 Å². The monoisotopic (exact) mass is 317 g/mol. The summed E-state index contributed by atoms with van der Waals surface area (Å²) in [5.41, 5.74) is 1.78. The molecule has 0 radical (unpaired) electrons. The van der Waals surface area contributed by atoms with E-state index < -0.39 is 5.97 Å². The normalized spacial score (nSPS) is 11.0. The number of carboxylic acid groups (broad SMARTS) is 1. The van der Waals surface area contributed by atoms with Crippen LogP contribution in [0.4, 0.5) is 0 Å². The third-order valence-corrected chi connectivity index (χ3v) is 5.43. The van der Waals surface area contributed by atoms with Gasteiger partial charge >= 0.3 is 5.97 Å². The number of aromatic carboxylic acids is 1. The first-order valence-electron chi connectivity index (χ1n) is 6.13. The summed E-state index contributed by atoms with van der Waals surface area (Å²) in [7, 11) is 0. The number of rotatable bonds is 3. The molecule has 3 aromatic rings. The molecule has 0 aromatic carbocycles. The zero-order valence-corrected chi connectivity index (χ0v) is 13.0. The van der Waals surface area contributed by atoms with Gasteiger partial charge in [-0.3, -0.25) is 4.98 Å². The van der Waals surface area contributed by atoms with Gasteiger partial charge < -0.3 is 5.11 Å². The summed E-state index contributed by atoms with van der Waals surface area (Å²) >= 11 is 2.69. The Labute approximate surface area is 129 Å². The number of carbonyl (C=O) groups is 1. The molecule has 5 nitrogen and oxygen atoms in total. The van der Waals surface area contributed by atoms with E-state index in [2.05, 4.69) is 15.0 Å². The van der Waals surface area contributed by atoms with E-state index in [0.29, 0.717) is 9.71 Å². The van der Waals surface area contributed by atoms with Crippen molar-refractivity contribution < 1.29 is 9.90 Å². The molecule has 1 N–H and O–H groups in total. The summed E-state index contributed by atoms with van der Waals surface area (Å²) in [6, 6.07) is 1.92. The van der Waals surface area contributed by atoms with Crippen molar-refractivity contribution in [2.45, 2.75) is 23.8 Å². The molecular formula is C14H11N3O2S2. The molecule has 0 spiro atoms. The Kier molecular flexibility index (Phi) is 3.60. The van der Waals surface area contributed by atoms with Crippen LogP contribution in [0.3, 0.4) is 0 Å². The molecule has 106 valence electrons. The third kappa shape index (κ3) is 2.50. The molecule has 0 aliphatic rings. The van der Waals surface area contributed by atoms with Crippen LogP contribution in [-0.2, 0) is 0 Å². The number of carboxylic acids is 1. The van der Waals surface area contributed by atoms with Gasteiger partial charge in [0, 0.05) is 22.7 Å². The molecule has 21 heavy (non-hydrogen) atoms. The Bertz CT molecular complexity index is 845. The summed E-state index contributed by atoms with van der Waals surface area (Å²) in [5, 5.41) is 10.8. The van der Waals surface area contributed by atoms with Crippen molar-refractivity contribution in [2.75, 3.05) is 0 Å². The minimum absolute atomic E-state index is 0.318. The Morgan fingerprint density at radius 3 is 2.86 bits per heavy atom. The Hall–Kier alpha value is -1.99. The van der Waals surface area contributed by atoms with Crippen molar-refractivity contribution >= 4 is 39.3 Å². The highest BCUT2D eigenvalue weighted by molar-refractivity contribution is 7.99. The Morgan fingerprint density at radius 1 is 1.33 bits per heavy atom. The maximum atomic E-state index is 11.3. The molecule has 7 heteroatoms. The number of aromatic nitrogens is 3. The second-order valence-corrected chi connectivity index (χ2v) is 6.49. The van der Waals surface area contributed by atoms with Gasteiger partial charge in [-0.05, 0) is 31.0 Å². The molecule has 0 saturated carbocycles. The van der Waals surface area contributed by atoms with Crippen LogP contribution >= 0.6 is 23.1 Å². The second kappa shape index (κ2) is 5.42. The van der Waals surface area contributed by atoms with Crippen molar-refractivity contribution in [2.24, 2.45) is 0 Å². The van der Waals surface area contributed by atoms with E-state index in [1.807, 2.05) is 13.0 Å². The fourth-order valence-electron chi connectivity index (χ4n) is 2.00. The Morgan fingerprint density at radius 2 is 2.14 bits per heavy atom. The quantitative estimate of drug-likeness (QED) is 0.744. The predicted molar refractivity (Wildman–Crippen MR) is 82.2 cm³/mol. The molecule has 0 fully saturated rings. The highest BCUT2D eigenvalue weighted by Crippen LogP contribution is 2.38. The van der Waals surface area contributed by atoms with Crippen LogP contribution in [0, 0.1) is 13.8 Å². The zero-order valence-electron chi connectivity index (χ0n) is 11.3. The second-order valence-electron chi connectivity index (χ2n) is 4.46. The van der Waals surface area contributed by atoms with Crippen LogP contribution in [-0.4, -0.2) is 26.0 Å². The maximum Gasteiger partial charge on any atom is 0.346 e. The first-order valence-corrected chi connectivity index (χ1v) is 7.77. The van der Waals surface area contributed by atoms with E-state index in [4.69, 9.17) is 0 Å². The van der Waals surface area contributed by atoms with Gasteiger partial charge in [-0.1, -0.05) is 11.8 Å². The molecule has 0 amide bonds. The summed E-state index contributed by atoms with van der Waals surface area (Å²) < 4.78 is 0. The number of hydrogen-bond donors (Lipinski definition) is 1. The summed E-state index contributed by atoms with van der Waals surface area (Å²) in [6.45, 7) is 3.78. The lowest BCUT2D eigenvalue weighted by atomic mass is 10.2. The highest BCUT2D eigenvalue weighted by atomic mass is 32.2. The molecule has 0 bridgehead atoms. The predicted octanol–water partition coefficient (Wildman–Crippen LogP) is 3.55. The number of thiophene rings is 1. The standard InChI is InChI=1S/C14H11N3O2S2/c1-7-5-15-4-3-9(7)20-12-10-8(2)11(14(18)19)21-13(10)17-6-16-12/h3-6H,1-2H3,(H,18,19). The topological polar surface area (TPSA) is 76.0 Å². The average Bonchev–Trinajstić information content (AvgIpc) is 2.80. The fraction of sp³-hybridized carbons (Fsp3) is 0.143. The van der Waals surface area contributed by atoms with Crippen molar-refractivity contribution in [1.29, 1.82) is 0 Å². The van der Waals surface area contributed by atoms with Gasteiger partial charge in [0.15, 0.2) is 0 Å². The Balaban J connectivity index is 2.15. The average molecular weight is 317 g/mol. The van der Waals surface area contributed by atoms with Crippen LogP contribution in [0.25, 0.3) is 10.2 Å². The first kappa shape index (κ1) is 14.0. The summed E-state index contributed by atoms with van der Waals surface area (Å²) in [6.07, 6.45) is 5.00. The zero-order chi connectivity index (χ0) is 15.0. The van der Waals surface area contributed by atoms with E-state index in [9.17, 15) is 9.90 Å². The van der Waals surface area contributed by atoms with Gasteiger partial charge in [0.25, 0.3) is 0 Å². The van der Waals surface area contributed by atoms with E-state index >= 15 is 0 Å². The maximum absolute atomic E-state index is 11.3. The van der Waals surface area contributed by atoms with Gasteiger partial charge in [-0.15, -0.1) is 11.3 Å². The van der Waals surface area contributed by atoms with Crippen LogP contribution in [0.15, 0.2) is 34.7 Å². The number of fused-ring (bicyclic) bond motifs is 1. The molecular weight excluding hydrogens is 306 g/mol. The van der Waals surface area contributed by atoms with E-state index in [1.54, 1.807) is 19.3 Å². The van der Waals surface area contributed by atoms with Gasteiger partial charge in [0.2, 0.25) is 0 Å². The van der Waals surface area contributed by atoms with Gasteiger partial charge in [0.05, 0.1) is 0 Å². The highest BCUT2D eigenvalue weighted by Gasteiger charge is 2.19. The fourth-order valence-corrected chi connectivity index (χ4v) is 4.05. The lowest BCUT2D eigenvalue weighted by Gasteiger charge is -2.05. The minimum atomic E-state index is -0.924. The molecule has 3 heterocycles. The molecule has 3 aromatic heterocycles. The molecule has 0 aliphatic heterocycles. The molecule has 0 unspecified atom stereocenters. The van der Waals surface area contributed by atoms with Crippen LogP contribution in [0.2, 0.25) is 0 Å². The SMILES string of the molecule is Cc1cnccc1Sc1ncnc2sc(C(=O)O)c(C)c12. The van der Waals surface area contributed by atoms with E-state index in [-0.39, 0.29) is 0 Å². The number of pyridine rings is 1. The van der Waals surface area contributed by atoms with Crippen molar-refractivity contribution in [1.82, 2.24) is 15.0 Å². The first-order chi connectivity index (χ1) is 10.1. The van der Waals surface area contributed by atoms with E-state index in [0.717, 1.165) is 26.4 Å². The molecule has 3 rings (SSSR count). The number of aryl methyl sites for hydroxylation is 2. The van der Waals surface area contributed by atoms with Crippen LogP contribution in [0.1, 0.15) is 20.8 Å². The van der Waals surface area contributed by atoms with Crippen LogP contribution in [0.5, 0.6) is 0 Å². The number of nitrogens with zero attached hydrogens (tertiary/aromatic N) is 3. The van der Waals surface area contributed by atoms with Gasteiger partial charge in [-0.2, -0.15) is 0 Å². The molecule has 0 atom stereocenters.